The second-order valence-electron chi connectivity index (χ2n) is 3.82. The van der Waals surface area contributed by atoms with Gasteiger partial charge in [0.15, 0.2) is 11.1 Å². The molecule has 0 radical (unpaired) electrons. The maximum atomic E-state index is 13.1. The predicted molar refractivity (Wildman–Crippen MR) is 59.9 cm³/mol. The maximum Gasteiger partial charge on any atom is 0.155 e. The predicted octanol–water partition coefficient (Wildman–Crippen LogP) is 1.63. The van der Waals surface area contributed by atoms with Gasteiger partial charge >= 0.3 is 0 Å². The number of alkyl halides is 1. The van der Waals surface area contributed by atoms with E-state index < -0.39 is 17.3 Å². The zero-order valence-corrected chi connectivity index (χ0v) is 9.51. The number of hydrogen-bond donors (Lipinski definition) is 2. The fourth-order valence-electron chi connectivity index (χ4n) is 1.69. The number of allylic oxidation sites excluding steroid dienone is 2. The van der Waals surface area contributed by atoms with Gasteiger partial charge < -0.3 is 9.87 Å². The minimum Gasteiger partial charge on any atom is -0.311 e. The molecule has 0 aromatic carbocycles. The van der Waals surface area contributed by atoms with E-state index in [1.807, 2.05) is 0 Å². The monoisotopic (exact) mass is 235 g/mol. The van der Waals surface area contributed by atoms with Crippen LogP contribution < -0.4 is 5.32 Å². The van der Waals surface area contributed by atoms with E-state index >= 15 is 0 Å². The van der Waals surface area contributed by atoms with E-state index in [1.165, 1.54) is 0 Å². The first-order chi connectivity index (χ1) is 7.18. The lowest BCUT2D eigenvalue weighted by Crippen LogP contribution is -2.35. The van der Waals surface area contributed by atoms with E-state index in [4.69, 9.17) is 4.55 Å². The molecule has 0 aliphatic heterocycles. The van der Waals surface area contributed by atoms with Crippen molar-refractivity contribution in [2.24, 2.45) is 0 Å². The Bertz CT molecular complexity index is 225. The van der Waals surface area contributed by atoms with Gasteiger partial charge in [0.2, 0.25) is 0 Å². The van der Waals surface area contributed by atoms with Gasteiger partial charge in [-0.3, -0.25) is 0 Å². The van der Waals surface area contributed by atoms with E-state index in [-0.39, 0.29) is 12.3 Å². The third-order valence-corrected chi connectivity index (χ3v) is 3.13. The van der Waals surface area contributed by atoms with E-state index in [0.717, 1.165) is 25.7 Å². The topological polar surface area (TPSA) is 49.3 Å². The van der Waals surface area contributed by atoms with Crippen molar-refractivity contribution in [1.29, 1.82) is 0 Å². The summed E-state index contributed by atoms with van der Waals surface area (Å²) in [5.74, 6) is -0.294. The highest BCUT2D eigenvalue weighted by atomic mass is 32.2. The van der Waals surface area contributed by atoms with Gasteiger partial charge in [-0.2, -0.15) is 0 Å². The fraction of sp³-hybridized carbons (Fsp3) is 0.800. The summed E-state index contributed by atoms with van der Waals surface area (Å²) in [6, 6.07) is 0.338. The molecule has 0 fully saturated rings. The quantitative estimate of drug-likeness (QED) is 0.562. The Morgan fingerprint density at radius 1 is 1.47 bits per heavy atom. The van der Waals surface area contributed by atoms with Gasteiger partial charge in [0.05, 0.1) is 5.75 Å². The van der Waals surface area contributed by atoms with Crippen molar-refractivity contribution in [1.82, 2.24) is 5.32 Å². The van der Waals surface area contributed by atoms with Crippen LogP contribution in [0.4, 0.5) is 4.39 Å². The number of nitrogens with one attached hydrogen (secondary N) is 1. The molecule has 0 spiro atoms. The van der Waals surface area contributed by atoms with Crippen LogP contribution in [0.3, 0.4) is 0 Å². The van der Waals surface area contributed by atoms with Crippen LogP contribution in [0.1, 0.15) is 25.7 Å². The summed E-state index contributed by atoms with van der Waals surface area (Å²) in [6.07, 6.45) is 7.17. The first kappa shape index (κ1) is 12.8. The van der Waals surface area contributed by atoms with Crippen LogP contribution in [-0.4, -0.2) is 33.3 Å². The van der Waals surface area contributed by atoms with Crippen molar-refractivity contribution < 1.29 is 13.2 Å². The molecule has 1 rings (SSSR count). The molecule has 88 valence electrons. The molecule has 2 atom stereocenters. The van der Waals surface area contributed by atoms with Crippen LogP contribution in [0.5, 0.6) is 0 Å². The highest BCUT2D eigenvalue weighted by Gasteiger charge is 2.14. The van der Waals surface area contributed by atoms with Crippen molar-refractivity contribution in [2.45, 2.75) is 37.9 Å². The van der Waals surface area contributed by atoms with Gasteiger partial charge in [-0.1, -0.05) is 12.2 Å². The number of hydrogen-bond acceptors (Lipinski definition) is 2. The molecule has 0 aromatic heterocycles. The second kappa shape index (κ2) is 7.09. The number of rotatable bonds is 5. The minimum atomic E-state index is -2.03. The average Bonchev–Trinajstić information content (AvgIpc) is 2.41. The fourth-order valence-corrected chi connectivity index (χ4v) is 2.11. The van der Waals surface area contributed by atoms with Crippen LogP contribution in [-0.2, 0) is 11.1 Å². The summed E-state index contributed by atoms with van der Waals surface area (Å²) in [7, 11) is 0. The summed E-state index contributed by atoms with van der Waals surface area (Å²) in [4.78, 5) is 0. The molecule has 0 saturated carbocycles. The van der Waals surface area contributed by atoms with E-state index in [2.05, 4.69) is 17.5 Å². The molecule has 0 amide bonds. The Labute approximate surface area is 92.4 Å². The lowest BCUT2D eigenvalue weighted by Gasteiger charge is -2.17. The summed E-state index contributed by atoms with van der Waals surface area (Å²) in [5.41, 5.74) is 0. The molecule has 3 nitrogen and oxygen atoms in total. The average molecular weight is 235 g/mol. The van der Waals surface area contributed by atoms with Gasteiger partial charge in [-0.15, -0.1) is 0 Å². The van der Waals surface area contributed by atoms with Crippen molar-refractivity contribution in [3.8, 4) is 0 Å². The summed E-state index contributed by atoms with van der Waals surface area (Å²) >= 11 is -2.03. The highest BCUT2D eigenvalue weighted by molar-refractivity contribution is 7.79. The molecule has 15 heavy (non-hydrogen) atoms. The van der Waals surface area contributed by atoms with E-state index in [1.54, 1.807) is 0 Å². The van der Waals surface area contributed by atoms with Crippen LogP contribution in [0.15, 0.2) is 12.2 Å². The first-order valence-corrected chi connectivity index (χ1v) is 6.56. The second-order valence-corrected chi connectivity index (χ2v) is 4.79. The summed E-state index contributed by atoms with van der Waals surface area (Å²) < 4.78 is 31.9. The Hall–Kier alpha value is -0.260. The minimum absolute atomic E-state index is 0.178. The van der Waals surface area contributed by atoms with Gasteiger partial charge in [-0.05, 0) is 25.7 Å². The Morgan fingerprint density at radius 2 is 2.07 bits per heavy atom. The van der Waals surface area contributed by atoms with Crippen molar-refractivity contribution >= 4 is 11.1 Å². The Kier molecular flexibility index (Phi) is 6.05. The highest BCUT2D eigenvalue weighted by Crippen LogP contribution is 2.11. The Morgan fingerprint density at radius 3 is 2.60 bits per heavy atom. The van der Waals surface area contributed by atoms with Crippen molar-refractivity contribution in [3.63, 3.8) is 0 Å². The van der Waals surface area contributed by atoms with Gasteiger partial charge in [0, 0.05) is 12.6 Å². The third kappa shape index (κ3) is 6.02. The van der Waals surface area contributed by atoms with E-state index in [9.17, 15) is 8.60 Å². The molecule has 1 aliphatic carbocycles. The molecule has 0 aromatic rings. The zero-order chi connectivity index (χ0) is 11.1. The largest absolute Gasteiger partial charge is 0.311 e. The molecular weight excluding hydrogens is 217 g/mol. The van der Waals surface area contributed by atoms with Crippen LogP contribution >= 0.6 is 0 Å². The van der Waals surface area contributed by atoms with Crippen LogP contribution in [0.25, 0.3) is 0 Å². The maximum absolute atomic E-state index is 13.1. The molecule has 0 bridgehead atoms. The summed E-state index contributed by atoms with van der Waals surface area (Å²) in [6.45, 7) is 0.178. The molecule has 0 heterocycles. The SMILES string of the molecule is O=S(O)CC(F)CNC1CCC=CCC1. The molecule has 2 unspecified atom stereocenters. The third-order valence-electron chi connectivity index (χ3n) is 2.48. The standard InChI is InChI=1S/C10H18FNO2S/c11-9(8-15(13)14)7-12-10-5-3-1-2-4-6-10/h1-2,9-10,12H,3-8H2,(H,13,14). The molecular formula is C10H18FNO2S. The van der Waals surface area contributed by atoms with Gasteiger partial charge in [0.25, 0.3) is 0 Å². The zero-order valence-electron chi connectivity index (χ0n) is 8.69. The van der Waals surface area contributed by atoms with Crippen LogP contribution in [0, 0.1) is 0 Å². The van der Waals surface area contributed by atoms with E-state index in [0.29, 0.717) is 6.04 Å². The van der Waals surface area contributed by atoms with Crippen molar-refractivity contribution in [2.75, 3.05) is 12.3 Å². The molecule has 5 heteroatoms. The molecule has 0 saturated heterocycles. The lowest BCUT2D eigenvalue weighted by molar-refractivity contribution is 0.321. The van der Waals surface area contributed by atoms with Gasteiger partial charge in [0.1, 0.15) is 6.17 Å². The normalized spacial score (nSPS) is 22.3. The molecule has 1 aliphatic rings. The van der Waals surface area contributed by atoms with Gasteiger partial charge in [-0.25, -0.2) is 8.60 Å². The molecule has 2 N–H and O–H groups in total. The number of halogens is 1. The Balaban J connectivity index is 2.15. The smallest absolute Gasteiger partial charge is 0.155 e. The van der Waals surface area contributed by atoms with Crippen LogP contribution in [0.2, 0.25) is 0 Å². The van der Waals surface area contributed by atoms with Crippen molar-refractivity contribution in [3.05, 3.63) is 12.2 Å². The summed E-state index contributed by atoms with van der Waals surface area (Å²) in [5, 5.41) is 3.11. The lowest BCUT2D eigenvalue weighted by atomic mass is 10.1. The first-order valence-electron chi connectivity index (χ1n) is 5.28.